The molecular weight excluding hydrogens is 440 g/mol. The van der Waals surface area contributed by atoms with Crippen molar-refractivity contribution >= 4 is 30.3 Å². The third-order valence-electron chi connectivity index (χ3n) is 5.48. The molecule has 0 aromatic carbocycles. The van der Waals surface area contributed by atoms with Crippen LogP contribution < -0.4 is 5.32 Å². The summed E-state index contributed by atoms with van der Waals surface area (Å²) in [5.41, 5.74) is -0.00283. The lowest BCUT2D eigenvalue weighted by Gasteiger charge is -2.25. The van der Waals surface area contributed by atoms with Crippen molar-refractivity contribution in [3.05, 3.63) is 11.9 Å². The lowest BCUT2D eigenvalue weighted by atomic mass is 10.1. The van der Waals surface area contributed by atoms with Crippen molar-refractivity contribution in [2.24, 2.45) is 4.99 Å². The Morgan fingerprint density at radius 3 is 2.35 bits per heavy atom. The highest BCUT2D eigenvalue weighted by Crippen LogP contribution is 2.25. The molecule has 0 radical (unpaired) electrons. The van der Waals surface area contributed by atoms with Gasteiger partial charge in [0.1, 0.15) is 17.5 Å². The van der Waals surface area contributed by atoms with Gasteiger partial charge in [-0.2, -0.15) is 9.28 Å². The van der Waals surface area contributed by atoms with Gasteiger partial charge in [-0.1, -0.05) is 37.7 Å². The third kappa shape index (κ3) is 8.23. The summed E-state index contributed by atoms with van der Waals surface area (Å²) in [6.07, 6.45) is 8.56. The van der Waals surface area contributed by atoms with Gasteiger partial charge in [0.05, 0.1) is 6.54 Å². The maximum Gasteiger partial charge on any atom is 0.552 e. The fraction of sp³-hybridized carbons (Fsp3) is 0.708. The number of aliphatic imine (C=N–C) groups is 1. The smallest absolute Gasteiger partial charge is 0.444 e. The Bertz CT molecular complexity index is 816. The maximum atomic E-state index is 13.1. The van der Waals surface area contributed by atoms with Crippen LogP contribution in [0.2, 0.25) is 0 Å². The van der Waals surface area contributed by atoms with Gasteiger partial charge < -0.3 is 10.1 Å². The molecule has 0 saturated carbocycles. The number of ether oxygens (including phenoxy) is 1. The minimum atomic E-state index is -0.747. The number of hydrogen-bond donors (Lipinski definition) is 1. The highest BCUT2D eigenvalue weighted by molar-refractivity contribution is 6.01. The minimum absolute atomic E-state index is 0.0343. The van der Waals surface area contributed by atoms with Crippen LogP contribution in [0.15, 0.2) is 16.9 Å². The molecule has 0 spiro atoms. The lowest BCUT2D eigenvalue weighted by molar-refractivity contribution is -0.705. The SMILES string of the molecule is CCCCCCCC[N+]1(C(=O)ON2C(=O)CCC2=O)C=NC(C[C@@H](C)NC(=O)OC(C)(C)C)=C1. The zero-order valence-electron chi connectivity index (χ0n) is 21.1. The van der Waals surface area contributed by atoms with Gasteiger partial charge in [-0.25, -0.2) is 9.79 Å². The van der Waals surface area contributed by atoms with Crippen molar-refractivity contribution in [1.82, 2.24) is 10.4 Å². The van der Waals surface area contributed by atoms with Gasteiger partial charge >= 0.3 is 12.2 Å². The number of rotatable bonds is 11. The van der Waals surface area contributed by atoms with Gasteiger partial charge in [0.25, 0.3) is 11.8 Å². The monoisotopic (exact) mass is 479 g/mol. The van der Waals surface area contributed by atoms with Crippen molar-refractivity contribution in [1.29, 1.82) is 0 Å². The molecule has 190 valence electrons. The van der Waals surface area contributed by atoms with E-state index in [2.05, 4.69) is 17.2 Å². The van der Waals surface area contributed by atoms with E-state index in [9.17, 15) is 19.2 Å². The van der Waals surface area contributed by atoms with Gasteiger partial charge in [-0.05, 0) is 40.5 Å². The maximum absolute atomic E-state index is 13.1. The lowest BCUT2D eigenvalue weighted by Crippen LogP contribution is -2.50. The fourth-order valence-corrected chi connectivity index (χ4v) is 3.77. The Labute approximate surface area is 201 Å². The second-order valence-corrected chi connectivity index (χ2v) is 9.98. The van der Waals surface area contributed by atoms with E-state index in [-0.39, 0.29) is 23.4 Å². The number of carbonyl (C=O) groups excluding carboxylic acids is 4. The number of unbranched alkanes of at least 4 members (excludes halogenated alkanes) is 5. The van der Waals surface area contributed by atoms with Crippen LogP contribution in [0.25, 0.3) is 0 Å². The number of amides is 4. The summed E-state index contributed by atoms with van der Waals surface area (Å²) in [5, 5.41) is 3.33. The van der Waals surface area contributed by atoms with E-state index in [1.165, 1.54) is 12.8 Å². The molecular formula is C24H39N4O6+. The number of carbonyl (C=O) groups is 4. The van der Waals surface area contributed by atoms with Crippen LogP contribution in [0.3, 0.4) is 0 Å². The molecule has 34 heavy (non-hydrogen) atoms. The molecule has 0 aromatic rings. The molecule has 2 rings (SSSR count). The van der Waals surface area contributed by atoms with Crippen LogP contribution in [-0.2, 0) is 19.2 Å². The summed E-state index contributed by atoms with van der Waals surface area (Å²) in [5.74, 6) is -1.04. The van der Waals surface area contributed by atoms with Crippen LogP contribution in [0.4, 0.5) is 9.59 Å². The van der Waals surface area contributed by atoms with Gasteiger partial charge in [0, 0.05) is 25.3 Å². The number of alkyl carbamates (subject to hydrolysis) is 1. The molecule has 0 bridgehead atoms. The van der Waals surface area contributed by atoms with E-state index >= 15 is 0 Å². The van der Waals surface area contributed by atoms with E-state index in [0.717, 1.165) is 32.1 Å². The van der Waals surface area contributed by atoms with Crippen LogP contribution >= 0.6 is 0 Å². The van der Waals surface area contributed by atoms with Gasteiger partial charge in [-0.15, -0.1) is 0 Å². The number of quaternary nitrogens is 1. The first-order chi connectivity index (χ1) is 16.0. The second kappa shape index (κ2) is 12.1. The average molecular weight is 480 g/mol. The molecule has 1 N–H and O–H groups in total. The van der Waals surface area contributed by atoms with Crippen LogP contribution in [0.1, 0.15) is 92.4 Å². The average Bonchev–Trinajstić information content (AvgIpc) is 3.27. The molecule has 0 aromatic heterocycles. The molecule has 0 aliphatic carbocycles. The molecule has 2 aliphatic heterocycles. The van der Waals surface area contributed by atoms with E-state index in [4.69, 9.17) is 9.57 Å². The number of nitrogens with one attached hydrogen (secondary N) is 1. The van der Waals surface area contributed by atoms with Crippen LogP contribution in [0, 0.1) is 0 Å². The summed E-state index contributed by atoms with van der Waals surface area (Å²) >= 11 is 0. The Morgan fingerprint density at radius 1 is 1.12 bits per heavy atom. The Hall–Kier alpha value is -2.75. The number of imide groups is 1. The van der Waals surface area contributed by atoms with E-state index < -0.39 is 29.6 Å². The predicted octanol–water partition coefficient (Wildman–Crippen LogP) is 4.55. The van der Waals surface area contributed by atoms with Crippen LogP contribution in [0.5, 0.6) is 0 Å². The normalized spacial score (nSPS) is 21.0. The largest absolute Gasteiger partial charge is 0.552 e. The molecule has 2 aliphatic rings. The van der Waals surface area contributed by atoms with E-state index in [0.29, 0.717) is 23.7 Å². The van der Waals surface area contributed by atoms with Crippen molar-refractivity contribution in [3.63, 3.8) is 0 Å². The topological polar surface area (TPSA) is 114 Å². The Morgan fingerprint density at radius 2 is 1.74 bits per heavy atom. The van der Waals surface area contributed by atoms with Gasteiger partial charge in [0.2, 0.25) is 6.34 Å². The molecule has 10 heteroatoms. The molecule has 2 heterocycles. The quantitative estimate of drug-likeness (QED) is 0.264. The summed E-state index contributed by atoms with van der Waals surface area (Å²) in [6, 6.07) is -0.287. The molecule has 4 amide bonds. The van der Waals surface area contributed by atoms with E-state index in [1.807, 2.05) is 6.92 Å². The third-order valence-corrected chi connectivity index (χ3v) is 5.48. The first kappa shape index (κ1) is 27.5. The molecule has 1 unspecified atom stereocenters. The predicted molar refractivity (Wildman–Crippen MR) is 126 cm³/mol. The summed E-state index contributed by atoms with van der Waals surface area (Å²) in [4.78, 5) is 58.7. The first-order valence-electron chi connectivity index (χ1n) is 12.2. The highest BCUT2D eigenvalue weighted by Gasteiger charge is 2.44. The Kier molecular flexibility index (Phi) is 9.78. The molecule has 2 atom stereocenters. The van der Waals surface area contributed by atoms with Crippen molar-refractivity contribution in [2.75, 3.05) is 6.54 Å². The van der Waals surface area contributed by atoms with Crippen molar-refractivity contribution in [3.8, 4) is 0 Å². The zero-order valence-corrected chi connectivity index (χ0v) is 21.1. The highest BCUT2D eigenvalue weighted by atomic mass is 16.7. The van der Waals surface area contributed by atoms with Crippen molar-refractivity contribution < 1.29 is 33.2 Å². The van der Waals surface area contributed by atoms with Gasteiger partial charge in [0.15, 0.2) is 0 Å². The summed E-state index contributed by atoms with van der Waals surface area (Å²) < 4.78 is 4.95. The second-order valence-electron chi connectivity index (χ2n) is 9.98. The van der Waals surface area contributed by atoms with Gasteiger partial charge in [-0.3, -0.25) is 14.4 Å². The summed E-state index contributed by atoms with van der Waals surface area (Å²) in [6.45, 7) is 9.75. The van der Waals surface area contributed by atoms with E-state index in [1.54, 1.807) is 27.0 Å². The summed E-state index contributed by atoms with van der Waals surface area (Å²) in [7, 11) is 0. The minimum Gasteiger partial charge on any atom is -0.444 e. The molecule has 1 fully saturated rings. The van der Waals surface area contributed by atoms with Crippen molar-refractivity contribution in [2.45, 2.75) is 104 Å². The number of nitrogens with zero attached hydrogens (tertiary/aromatic N) is 3. The number of hydroxylamine groups is 2. The first-order valence-corrected chi connectivity index (χ1v) is 12.2. The number of hydrogen-bond acceptors (Lipinski definition) is 7. The molecule has 10 nitrogen and oxygen atoms in total. The zero-order chi connectivity index (χ0) is 25.4. The Balaban J connectivity index is 2.06. The van der Waals surface area contributed by atoms with Crippen LogP contribution in [-0.4, -0.2) is 58.1 Å². The standard InChI is InChI=1S/C24H38N4O6/c1-6-7-8-9-10-11-14-28(23(32)34-27-20(29)12-13-21(27)30)16-19(25-17-28)15-18(2)26-22(31)33-24(3,4)5/h16-18H,6-15H2,1-5H3/p+1/t18-,28?/m1/s1. The molecule has 1 saturated heterocycles. The fourth-order valence-electron chi connectivity index (χ4n) is 3.77.